The lowest BCUT2D eigenvalue weighted by Gasteiger charge is -2.24. The van der Waals surface area contributed by atoms with E-state index in [0.717, 1.165) is 0 Å². The molecule has 0 saturated heterocycles. The molecular weight excluding hydrogens is 361 g/mol. The Morgan fingerprint density at radius 2 is 1.56 bits per heavy atom. The summed E-state index contributed by atoms with van der Waals surface area (Å²) in [5.74, 6) is -3.61. The number of carbonyl (C=O) groups excluding carboxylic acids is 2. The van der Waals surface area contributed by atoms with Crippen molar-refractivity contribution in [1.29, 1.82) is 0 Å². The highest BCUT2D eigenvalue weighted by Crippen LogP contribution is 2.40. The van der Waals surface area contributed by atoms with Gasteiger partial charge in [-0.15, -0.1) is 0 Å². The van der Waals surface area contributed by atoms with E-state index >= 15 is 0 Å². The van der Waals surface area contributed by atoms with Gasteiger partial charge >= 0.3 is 18.1 Å². The molecule has 1 rings (SSSR count). The third-order valence-corrected chi connectivity index (χ3v) is 3.87. The Morgan fingerprint density at radius 3 is 2.00 bits per heavy atom. The first kappa shape index (κ1) is 22.7. The Morgan fingerprint density at radius 1 is 1.04 bits per heavy atom. The number of carbonyl (C=O) groups is 2. The minimum atomic E-state index is -4.35. The topological polar surface area (TPSA) is 52.6 Å². The van der Waals surface area contributed by atoms with E-state index < -0.39 is 30.0 Å². The molecule has 1 aromatic carbocycles. The molecule has 0 spiro atoms. The molecule has 0 saturated carbocycles. The summed E-state index contributed by atoms with van der Waals surface area (Å²) in [6.45, 7) is 9.81. The zero-order chi connectivity index (χ0) is 20.8. The second kappa shape index (κ2) is 9.58. The van der Waals surface area contributed by atoms with Gasteiger partial charge in [0.15, 0.2) is 0 Å². The number of rotatable bonds is 8. The normalized spacial score (nSPS) is 13.8. The molecule has 2 atom stereocenters. The van der Waals surface area contributed by atoms with Crippen LogP contribution in [0.5, 0.6) is 0 Å². The first-order valence-corrected chi connectivity index (χ1v) is 8.59. The van der Waals surface area contributed by atoms with E-state index in [1.54, 1.807) is 6.92 Å². The van der Waals surface area contributed by atoms with Gasteiger partial charge in [-0.25, -0.2) is 9.59 Å². The number of ether oxygens (including phenoxy) is 2. The maximum atomic E-state index is 13.2. The van der Waals surface area contributed by atoms with Crippen molar-refractivity contribution in [3.63, 3.8) is 0 Å². The molecule has 0 aliphatic rings. The molecule has 0 aliphatic carbocycles. The fourth-order valence-corrected chi connectivity index (χ4v) is 2.47. The zero-order valence-corrected chi connectivity index (χ0v) is 15.9. The van der Waals surface area contributed by atoms with Gasteiger partial charge in [0.25, 0.3) is 0 Å². The highest BCUT2D eigenvalue weighted by Gasteiger charge is 2.42. The lowest BCUT2D eigenvalue weighted by Crippen LogP contribution is -2.25. The van der Waals surface area contributed by atoms with Gasteiger partial charge in [0.05, 0.1) is 24.7 Å². The number of hydrogen-bond donors (Lipinski definition) is 0. The summed E-state index contributed by atoms with van der Waals surface area (Å²) in [6.07, 6.45) is -4.35. The van der Waals surface area contributed by atoms with Crippen LogP contribution in [0.2, 0.25) is 0 Å². The largest absolute Gasteiger partial charge is 0.462 e. The fraction of sp³-hybridized carbons (Fsp3) is 0.500. The lowest BCUT2D eigenvalue weighted by molar-refractivity contribution is -0.159. The Labute approximate surface area is 157 Å². The molecule has 0 bridgehead atoms. The zero-order valence-electron chi connectivity index (χ0n) is 15.9. The second-order valence-electron chi connectivity index (χ2n) is 6.97. The summed E-state index contributed by atoms with van der Waals surface area (Å²) < 4.78 is 49.6. The van der Waals surface area contributed by atoms with Crippen LogP contribution in [0.15, 0.2) is 36.4 Å². The molecule has 0 amide bonds. The fourth-order valence-electron chi connectivity index (χ4n) is 2.47. The molecule has 27 heavy (non-hydrogen) atoms. The van der Waals surface area contributed by atoms with Crippen molar-refractivity contribution in [2.24, 2.45) is 11.8 Å². The van der Waals surface area contributed by atoms with Crippen molar-refractivity contribution >= 4 is 11.9 Å². The average Bonchev–Trinajstić information content (AvgIpc) is 2.56. The quantitative estimate of drug-likeness (QED) is 0.471. The van der Waals surface area contributed by atoms with E-state index in [1.807, 2.05) is 0 Å². The molecule has 0 radical (unpaired) electrons. The van der Waals surface area contributed by atoms with Gasteiger partial charge in [0.2, 0.25) is 0 Å². The van der Waals surface area contributed by atoms with Crippen LogP contribution < -0.4 is 0 Å². The van der Waals surface area contributed by atoms with Gasteiger partial charge in [0, 0.05) is 11.5 Å². The van der Waals surface area contributed by atoms with Crippen molar-refractivity contribution in [3.05, 3.63) is 47.5 Å². The molecule has 0 fully saturated rings. The monoisotopic (exact) mass is 386 g/mol. The maximum absolute atomic E-state index is 13.2. The molecule has 7 heteroatoms. The van der Waals surface area contributed by atoms with Gasteiger partial charge in [0.1, 0.15) is 0 Å². The van der Waals surface area contributed by atoms with Crippen LogP contribution in [0.4, 0.5) is 13.2 Å². The number of esters is 2. The molecule has 150 valence electrons. The van der Waals surface area contributed by atoms with Crippen molar-refractivity contribution < 1.29 is 32.2 Å². The first-order valence-electron chi connectivity index (χ1n) is 8.59. The summed E-state index contributed by atoms with van der Waals surface area (Å²) >= 11 is 0. The summed E-state index contributed by atoms with van der Waals surface area (Å²) in [6, 6.07) is 5.24. The van der Waals surface area contributed by atoms with Gasteiger partial charge in [-0.3, -0.25) is 0 Å². The van der Waals surface area contributed by atoms with Crippen LogP contribution in [0.1, 0.15) is 49.5 Å². The van der Waals surface area contributed by atoms with Gasteiger partial charge < -0.3 is 9.47 Å². The summed E-state index contributed by atoms with van der Waals surface area (Å²) in [5.41, 5.74) is 0.543. The second-order valence-corrected chi connectivity index (χ2v) is 6.97. The molecular formula is C20H25F3O4. The van der Waals surface area contributed by atoms with E-state index in [4.69, 9.17) is 9.47 Å². The lowest BCUT2D eigenvalue weighted by atomic mass is 9.87. The van der Waals surface area contributed by atoms with E-state index in [0.29, 0.717) is 0 Å². The van der Waals surface area contributed by atoms with Crippen LogP contribution in [-0.4, -0.2) is 31.3 Å². The summed E-state index contributed by atoms with van der Waals surface area (Å²) in [4.78, 5) is 23.3. The smallest absolute Gasteiger partial charge is 0.395 e. The highest BCUT2D eigenvalue weighted by molar-refractivity contribution is 5.89. The van der Waals surface area contributed by atoms with Gasteiger partial charge in [-0.1, -0.05) is 39.5 Å². The van der Waals surface area contributed by atoms with Crippen molar-refractivity contribution in [2.45, 2.75) is 39.8 Å². The standard InChI is InChI=1S/C20H25F3O4/c1-12(2)17(20(21,22)23)15-6-8-16(9-7-15)19(25)27-11-14(5)10-26-18(24)13(3)4/h6-9,12,14,17H,3,10-11H2,1-2,4-5H3. The van der Waals surface area contributed by atoms with Crippen LogP contribution in [0.3, 0.4) is 0 Å². The van der Waals surface area contributed by atoms with Crippen LogP contribution >= 0.6 is 0 Å². The van der Waals surface area contributed by atoms with Crippen molar-refractivity contribution in [1.82, 2.24) is 0 Å². The highest BCUT2D eigenvalue weighted by atomic mass is 19.4. The third kappa shape index (κ3) is 7.07. The van der Waals surface area contributed by atoms with E-state index in [1.165, 1.54) is 45.0 Å². The van der Waals surface area contributed by atoms with Crippen LogP contribution in [0.25, 0.3) is 0 Å². The Balaban J connectivity index is 2.64. The molecule has 0 aliphatic heterocycles. The number of alkyl halides is 3. The molecule has 0 heterocycles. The molecule has 4 nitrogen and oxygen atoms in total. The molecule has 0 N–H and O–H groups in total. The minimum absolute atomic E-state index is 0.0151. The maximum Gasteiger partial charge on any atom is 0.395 e. The van der Waals surface area contributed by atoms with Gasteiger partial charge in [-0.05, 0) is 30.5 Å². The van der Waals surface area contributed by atoms with Gasteiger partial charge in [-0.2, -0.15) is 13.2 Å². The van der Waals surface area contributed by atoms with Crippen molar-refractivity contribution in [2.75, 3.05) is 13.2 Å². The number of halogens is 3. The summed E-state index contributed by atoms with van der Waals surface area (Å²) in [7, 11) is 0. The Hall–Kier alpha value is -2.31. The number of hydrogen-bond acceptors (Lipinski definition) is 4. The minimum Gasteiger partial charge on any atom is -0.462 e. The van der Waals surface area contributed by atoms with Crippen molar-refractivity contribution in [3.8, 4) is 0 Å². The third-order valence-electron chi connectivity index (χ3n) is 3.87. The van der Waals surface area contributed by atoms with E-state index in [9.17, 15) is 22.8 Å². The molecule has 1 aromatic rings. The van der Waals surface area contributed by atoms with E-state index in [2.05, 4.69) is 6.58 Å². The Bertz CT molecular complexity index is 663. The molecule has 0 aromatic heterocycles. The predicted octanol–water partition coefficient (Wildman–Crippen LogP) is 4.90. The predicted molar refractivity (Wildman–Crippen MR) is 95.3 cm³/mol. The first-order chi connectivity index (χ1) is 12.4. The summed E-state index contributed by atoms with van der Waals surface area (Å²) in [5, 5.41) is 0. The Kier molecular flexibility index (Phi) is 8.06. The van der Waals surface area contributed by atoms with E-state index in [-0.39, 0.29) is 35.8 Å². The number of benzene rings is 1. The SMILES string of the molecule is C=C(C)C(=O)OCC(C)COC(=O)c1ccc(C(C(C)C)C(F)(F)F)cc1. The molecule has 2 unspecified atom stereocenters. The van der Waals surface area contributed by atoms with Crippen LogP contribution in [-0.2, 0) is 14.3 Å². The van der Waals surface area contributed by atoms with Crippen LogP contribution in [0, 0.1) is 11.8 Å². The average molecular weight is 386 g/mol.